The fourth-order valence-corrected chi connectivity index (χ4v) is 2.24. The van der Waals surface area contributed by atoms with Gasteiger partial charge >= 0.3 is 5.97 Å². The zero-order valence-corrected chi connectivity index (χ0v) is 13.8. The minimum absolute atomic E-state index is 0.149. The lowest BCUT2D eigenvalue weighted by Gasteiger charge is -2.29. The summed E-state index contributed by atoms with van der Waals surface area (Å²) in [5.74, 6) is -0.149. The first-order valence-corrected chi connectivity index (χ1v) is 7.59. The maximum absolute atomic E-state index is 12.0. The molecule has 5 heteroatoms. The maximum atomic E-state index is 12.0. The summed E-state index contributed by atoms with van der Waals surface area (Å²) >= 11 is 0. The van der Waals surface area contributed by atoms with Crippen molar-refractivity contribution >= 4 is 5.97 Å². The number of rotatable bonds is 12. The molecule has 0 rings (SSSR count). The summed E-state index contributed by atoms with van der Waals surface area (Å²) in [5.41, 5.74) is -0.571. The molecule has 20 heavy (non-hydrogen) atoms. The van der Waals surface area contributed by atoms with Gasteiger partial charge in [0.1, 0.15) is 5.54 Å². The number of nitrogens with one attached hydrogen (secondary N) is 1. The molecule has 0 aliphatic heterocycles. The van der Waals surface area contributed by atoms with Crippen molar-refractivity contribution in [2.75, 3.05) is 47.0 Å². The molecule has 0 radical (unpaired) electrons. The van der Waals surface area contributed by atoms with Crippen LogP contribution in [0.15, 0.2) is 0 Å². The van der Waals surface area contributed by atoms with E-state index in [0.29, 0.717) is 6.61 Å². The Morgan fingerprint density at radius 1 is 1.25 bits per heavy atom. The third kappa shape index (κ3) is 7.82. The van der Waals surface area contributed by atoms with Gasteiger partial charge < -0.3 is 19.7 Å². The Hall–Kier alpha value is -0.650. The van der Waals surface area contributed by atoms with Crippen molar-refractivity contribution in [2.45, 2.75) is 45.6 Å². The van der Waals surface area contributed by atoms with Crippen LogP contribution in [0.5, 0.6) is 0 Å². The molecule has 0 fully saturated rings. The van der Waals surface area contributed by atoms with Crippen LogP contribution in [0.1, 0.15) is 40.0 Å². The zero-order chi connectivity index (χ0) is 15.4. The third-order valence-corrected chi connectivity index (χ3v) is 3.40. The van der Waals surface area contributed by atoms with Crippen LogP contribution in [0.25, 0.3) is 0 Å². The van der Waals surface area contributed by atoms with Gasteiger partial charge in [0.25, 0.3) is 0 Å². The second-order valence-corrected chi connectivity index (χ2v) is 5.34. The van der Waals surface area contributed by atoms with E-state index in [2.05, 4.69) is 17.3 Å². The van der Waals surface area contributed by atoms with Gasteiger partial charge in [-0.05, 0) is 53.2 Å². The Morgan fingerprint density at radius 2 is 1.90 bits per heavy atom. The van der Waals surface area contributed by atoms with E-state index in [9.17, 15) is 4.79 Å². The lowest BCUT2D eigenvalue weighted by Crippen LogP contribution is -2.50. The van der Waals surface area contributed by atoms with E-state index in [4.69, 9.17) is 9.47 Å². The summed E-state index contributed by atoms with van der Waals surface area (Å²) in [6.07, 6.45) is 2.79. The number of esters is 1. The quantitative estimate of drug-likeness (QED) is 0.437. The molecule has 0 amide bonds. The Bertz CT molecular complexity index is 262. The molecule has 1 N–H and O–H groups in total. The van der Waals surface area contributed by atoms with Gasteiger partial charge in [0.15, 0.2) is 0 Å². The van der Waals surface area contributed by atoms with Crippen molar-refractivity contribution < 1.29 is 14.3 Å². The first-order chi connectivity index (χ1) is 9.50. The standard InChI is InChI=1S/C15H32N2O3/c1-6-16-15(3,14(18)20-7-2)10-8-11-17(4)12-9-13-19-5/h16H,6-13H2,1-5H3. The van der Waals surface area contributed by atoms with Crippen LogP contribution < -0.4 is 5.32 Å². The van der Waals surface area contributed by atoms with Crippen molar-refractivity contribution in [3.8, 4) is 0 Å². The first-order valence-electron chi connectivity index (χ1n) is 7.59. The average molecular weight is 288 g/mol. The molecular weight excluding hydrogens is 256 g/mol. The Labute approximate surface area is 124 Å². The molecule has 0 bridgehead atoms. The van der Waals surface area contributed by atoms with E-state index in [1.165, 1.54) is 0 Å². The van der Waals surface area contributed by atoms with E-state index in [1.807, 2.05) is 20.8 Å². The number of hydrogen-bond acceptors (Lipinski definition) is 5. The van der Waals surface area contributed by atoms with Gasteiger partial charge in [-0.3, -0.25) is 4.79 Å². The summed E-state index contributed by atoms with van der Waals surface area (Å²) in [4.78, 5) is 14.3. The number of nitrogens with zero attached hydrogens (tertiary/aromatic N) is 1. The number of ether oxygens (including phenoxy) is 2. The van der Waals surface area contributed by atoms with E-state index >= 15 is 0 Å². The molecule has 5 nitrogen and oxygen atoms in total. The summed E-state index contributed by atoms with van der Waals surface area (Å²) in [7, 11) is 3.83. The van der Waals surface area contributed by atoms with Crippen LogP contribution >= 0.6 is 0 Å². The van der Waals surface area contributed by atoms with Crippen LogP contribution in [0, 0.1) is 0 Å². The topological polar surface area (TPSA) is 50.8 Å². The van der Waals surface area contributed by atoms with Crippen LogP contribution in [-0.4, -0.2) is 63.4 Å². The molecule has 0 aliphatic carbocycles. The van der Waals surface area contributed by atoms with Crippen LogP contribution in [0.2, 0.25) is 0 Å². The fraction of sp³-hybridized carbons (Fsp3) is 0.933. The fourth-order valence-electron chi connectivity index (χ4n) is 2.24. The van der Waals surface area contributed by atoms with Gasteiger partial charge in [0.2, 0.25) is 0 Å². The Morgan fingerprint density at radius 3 is 2.45 bits per heavy atom. The normalized spacial score (nSPS) is 14.3. The highest BCUT2D eigenvalue weighted by Crippen LogP contribution is 2.15. The smallest absolute Gasteiger partial charge is 0.326 e. The molecule has 0 saturated carbocycles. The van der Waals surface area contributed by atoms with Gasteiger partial charge in [-0.15, -0.1) is 0 Å². The second kappa shape index (κ2) is 11.1. The Kier molecular flexibility index (Phi) is 10.7. The van der Waals surface area contributed by atoms with Crippen LogP contribution in [0.4, 0.5) is 0 Å². The highest BCUT2D eigenvalue weighted by molar-refractivity contribution is 5.80. The lowest BCUT2D eigenvalue weighted by atomic mass is 9.95. The van der Waals surface area contributed by atoms with Gasteiger partial charge in [0.05, 0.1) is 6.61 Å². The van der Waals surface area contributed by atoms with Crippen molar-refractivity contribution in [1.29, 1.82) is 0 Å². The average Bonchev–Trinajstić information content (AvgIpc) is 2.39. The molecule has 0 spiro atoms. The predicted octanol–water partition coefficient (Wildman–Crippen LogP) is 1.67. The maximum Gasteiger partial charge on any atom is 0.326 e. The lowest BCUT2D eigenvalue weighted by molar-refractivity contribution is -0.150. The van der Waals surface area contributed by atoms with Crippen molar-refractivity contribution in [3.63, 3.8) is 0 Å². The van der Waals surface area contributed by atoms with Gasteiger partial charge in [-0.1, -0.05) is 6.92 Å². The van der Waals surface area contributed by atoms with Crippen molar-refractivity contribution in [3.05, 3.63) is 0 Å². The number of carbonyl (C=O) groups excluding carboxylic acids is 1. The van der Waals surface area contributed by atoms with E-state index in [-0.39, 0.29) is 5.97 Å². The van der Waals surface area contributed by atoms with Crippen LogP contribution in [0.3, 0.4) is 0 Å². The van der Waals surface area contributed by atoms with Crippen LogP contribution in [-0.2, 0) is 14.3 Å². The summed E-state index contributed by atoms with van der Waals surface area (Å²) in [6, 6.07) is 0. The van der Waals surface area contributed by atoms with Crippen molar-refractivity contribution in [1.82, 2.24) is 10.2 Å². The summed E-state index contributed by atoms with van der Waals surface area (Å²) in [6.45, 7) is 9.76. The molecule has 0 aromatic carbocycles. The number of methoxy groups -OCH3 is 1. The molecule has 0 saturated heterocycles. The minimum Gasteiger partial charge on any atom is -0.465 e. The zero-order valence-electron chi connectivity index (χ0n) is 13.8. The molecule has 0 aromatic heterocycles. The summed E-state index contributed by atoms with van der Waals surface area (Å²) < 4.78 is 10.2. The molecule has 1 atom stereocenters. The molecule has 0 heterocycles. The van der Waals surface area contributed by atoms with Gasteiger partial charge in [-0.2, -0.15) is 0 Å². The van der Waals surface area contributed by atoms with Gasteiger partial charge in [-0.25, -0.2) is 0 Å². The highest BCUT2D eigenvalue weighted by atomic mass is 16.5. The van der Waals surface area contributed by atoms with Gasteiger partial charge in [0, 0.05) is 20.3 Å². The number of hydrogen-bond donors (Lipinski definition) is 1. The van der Waals surface area contributed by atoms with Crippen molar-refractivity contribution in [2.24, 2.45) is 0 Å². The van der Waals surface area contributed by atoms with E-state index in [1.54, 1.807) is 7.11 Å². The second-order valence-electron chi connectivity index (χ2n) is 5.34. The molecule has 120 valence electrons. The predicted molar refractivity (Wildman–Crippen MR) is 81.9 cm³/mol. The SMILES string of the molecule is CCNC(C)(CCCN(C)CCCOC)C(=O)OCC. The molecule has 0 aliphatic rings. The monoisotopic (exact) mass is 288 g/mol. The minimum atomic E-state index is -0.571. The van der Waals surface area contributed by atoms with E-state index < -0.39 is 5.54 Å². The summed E-state index contributed by atoms with van der Waals surface area (Å²) in [5, 5.41) is 3.26. The third-order valence-electron chi connectivity index (χ3n) is 3.40. The largest absolute Gasteiger partial charge is 0.465 e. The first kappa shape index (κ1) is 19.4. The molecule has 0 aromatic rings. The Balaban J connectivity index is 4.10. The molecule has 1 unspecified atom stereocenters. The number of likely N-dealkylation sites (N-methyl/N-ethyl adjacent to an activating group) is 1. The van der Waals surface area contributed by atoms with E-state index in [0.717, 1.165) is 45.5 Å². The molecular formula is C15H32N2O3. The highest BCUT2D eigenvalue weighted by Gasteiger charge is 2.33. The number of carbonyl (C=O) groups is 1.